The Morgan fingerprint density at radius 3 is 2.68 bits per heavy atom. The molecule has 2 atom stereocenters. The predicted molar refractivity (Wildman–Crippen MR) is 121 cm³/mol. The molecule has 4 aromatic rings. The average molecular weight is 510 g/mol. The van der Waals surface area contributed by atoms with Gasteiger partial charge < -0.3 is 5.11 Å². The van der Waals surface area contributed by atoms with Crippen molar-refractivity contribution in [3.63, 3.8) is 0 Å². The van der Waals surface area contributed by atoms with E-state index in [0.29, 0.717) is 12.5 Å². The minimum absolute atomic E-state index is 0.0197. The molecule has 3 aromatic heterocycles. The van der Waals surface area contributed by atoms with Crippen LogP contribution in [0.4, 0.5) is 8.78 Å². The third kappa shape index (κ3) is 4.14. The number of sulfone groups is 1. The van der Waals surface area contributed by atoms with Crippen LogP contribution >= 0.6 is 11.3 Å². The molecule has 180 valence electrons. The summed E-state index contributed by atoms with van der Waals surface area (Å²) in [6.07, 6.45) is 4.08. The molecule has 9 nitrogen and oxygen atoms in total. The summed E-state index contributed by atoms with van der Waals surface area (Å²) in [5.74, 6) is -1.90. The Kier molecular flexibility index (Phi) is 6.36. The van der Waals surface area contributed by atoms with Gasteiger partial charge in [0, 0.05) is 17.0 Å². The van der Waals surface area contributed by atoms with Crippen LogP contribution in [0.1, 0.15) is 31.9 Å². The Hall–Kier alpha value is -3.03. The maximum atomic E-state index is 14.8. The van der Waals surface area contributed by atoms with Gasteiger partial charge in [0.1, 0.15) is 45.0 Å². The van der Waals surface area contributed by atoms with Gasteiger partial charge in [0.15, 0.2) is 9.84 Å². The van der Waals surface area contributed by atoms with Crippen LogP contribution in [0.2, 0.25) is 0 Å². The minimum atomic E-state index is -3.61. The summed E-state index contributed by atoms with van der Waals surface area (Å²) >= 11 is 0.934. The van der Waals surface area contributed by atoms with Gasteiger partial charge in [-0.1, -0.05) is 13.0 Å². The number of aliphatic hydroxyl groups is 1. The van der Waals surface area contributed by atoms with E-state index in [2.05, 4.69) is 15.1 Å². The van der Waals surface area contributed by atoms with Crippen LogP contribution in [-0.2, 0) is 22.0 Å². The number of hydrogen-bond donors (Lipinski definition) is 1. The molecule has 0 radical (unpaired) electrons. The number of hydrogen-bond acceptors (Lipinski definition) is 8. The molecule has 3 heterocycles. The molecule has 1 aromatic carbocycles. The predicted octanol–water partition coefficient (Wildman–Crippen LogP) is 2.66. The number of thiophene rings is 1. The van der Waals surface area contributed by atoms with Gasteiger partial charge in [-0.25, -0.2) is 31.8 Å². The van der Waals surface area contributed by atoms with Crippen molar-refractivity contribution < 1.29 is 22.3 Å². The Bertz CT molecular complexity index is 1500. The summed E-state index contributed by atoms with van der Waals surface area (Å²) in [5.41, 5.74) is -2.86. The quantitative estimate of drug-likeness (QED) is 0.388. The number of rotatable bonds is 8. The fourth-order valence-corrected chi connectivity index (χ4v) is 6.67. The maximum Gasteiger partial charge on any atom is 0.271 e. The zero-order valence-corrected chi connectivity index (χ0v) is 19.9. The van der Waals surface area contributed by atoms with Crippen molar-refractivity contribution in [2.45, 2.75) is 43.4 Å². The van der Waals surface area contributed by atoms with E-state index in [-0.39, 0.29) is 33.0 Å². The molecular weight excluding hydrogens is 488 g/mol. The maximum absolute atomic E-state index is 14.8. The van der Waals surface area contributed by atoms with Crippen LogP contribution in [0, 0.1) is 11.6 Å². The van der Waals surface area contributed by atoms with E-state index in [0.717, 1.165) is 34.4 Å². The van der Waals surface area contributed by atoms with Crippen molar-refractivity contribution >= 4 is 31.4 Å². The Balaban J connectivity index is 1.86. The first kappa shape index (κ1) is 24.1. The molecule has 0 saturated heterocycles. The lowest BCUT2D eigenvalue weighted by atomic mass is 9.86. The van der Waals surface area contributed by atoms with E-state index in [9.17, 15) is 27.1 Å². The zero-order valence-electron chi connectivity index (χ0n) is 18.2. The van der Waals surface area contributed by atoms with Crippen molar-refractivity contribution in [3.05, 3.63) is 70.1 Å². The molecule has 0 amide bonds. The van der Waals surface area contributed by atoms with Gasteiger partial charge >= 0.3 is 0 Å². The van der Waals surface area contributed by atoms with Gasteiger partial charge in [0.05, 0.1) is 24.7 Å². The van der Waals surface area contributed by atoms with Crippen molar-refractivity contribution in [2.75, 3.05) is 5.75 Å². The van der Waals surface area contributed by atoms with Crippen LogP contribution < -0.4 is 5.56 Å². The smallest absolute Gasteiger partial charge is 0.271 e. The Morgan fingerprint density at radius 1 is 1.26 bits per heavy atom. The molecule has 34 heavy (non-hydrogen) atoms. The molecule has 0 bridgehead atoms. The van der Waals surface area contributed by atoms with Crippen molar-refractivity contribution in [2.24, 2.45) is 0 Å². The molecule has 1 N–H and O–H groups in total. The zero-order chi connectivity index (χ0) is 24.7. The molecule has 4 rings (SSSR count). The second kappa shape index (κ2) is 8.96. The second-order valence-corrected chi connectivity index (χ2v) is 10.8. The van der Waals surface area contributed by atoms with Crippen molar-refractivity contribution in [3.8, 4) is 0 Å². The van der Waals surface area contributed by atoms with E-state index in [4.69, 9.17) is 0 Å². The largest absolute Gasteiger partial charge is 0.381 e. The first-order chi connectivity index (χ1) is 16.1. The highest BCUT2D eigenvalue weighted by atomic mass is 32.2. The van der Waals surface area contributed by atoms with Crippen LogP contribution in [0.25, 0.3) is 10.2 Å². The highest BCUT2D eigenvalue weighted by molar-refractivity contribution is 7.91. The van der Waals surface area contributed by atoms with Gasteiger partial charge in [-0.15, -0.1) is 11.3 Å². The monoisotopic (exact) mass is 509 g/mol. The SMILES string of the molecule is CCCS(=O)(=O)c1csc2c(=O)n([C@H](C)[C@](O)(Cn3cncn3)c3ccc(F)cc3F)cnc12. The topological polar surface area (TPSA) is 120 Å². The number of aromatic nitrogens is 5. The first-order valence-electron chi connectivity index (χ1n) is 10.3. The lowest BCUT2D eigenvalue weighted by Crippen LogP contribution is -2.43. The fourth-order valence-electron chi connectivity index (χ4n) is 3.85. The first-order valence-corrected chi connectivity index (χ1v) is 12.8. The molecule has 0 spiro atoms. The fraction of sp³-hybridized carbons (Fsp3) is 0.333. The van der Waals surface area contributed by atoms with Crippen molar-refractivity contribution in [1.82, 2.24) is 24.3 Å². The lowest BCUT2D eigenvalue weighted by Gasteiger charge is -2.35. The summed E-state index contributed by atoms with van der Waals surface area (Å²) < 4.78 is 55.9. The van der Waals surface area contributed by atoms with Crippen molar-refractivity contribution in [1.29, 1.82) is 0 Å². The van der Waals surface area contributed by atoms with Crippen LogP contribution in [-0.4, -0.2) is 43.6 Å². The number of nitrogens with zero attached hydrogens (tertiary/aromatic N) is 5. The van der Waals surface area contributed by atoms with E-state index in [1.165, 1.54) is 29.6 Å². The third-order valence-corrected chi connectivity index (χ3v) is 8.69. The molecule has 0 aliphatic rings. The minimum Gasteiger partial charge on any atom is -0.381 e. The van der Waals surface area contributed by atoms with Crippen LogP contribution in [0.5, 0.6) is 0 Å². The highest BCUT2D eigenvalue weighted by Gasteiger charge is 2.41. The normalized spacial score (nSPS) is 14.9. The standard InChI is InChI=1S/C21H21F2N5O4S2/c1-3-6-34(31,32)17-8-33-19-18(17)25-12-28(20(19)29)13(2)21(30,9-27-11-24-10-26-27)15-5-4-14(22)7-16(15)23/h4-5,7-8,10-13,30H,3,6,9H2,1-2H3/t13-,21-/m1/s1. The van der Waals surface area contributed by atoms with Gasteiger partial charge in [-0.3, -0.25) is 9.36 Å². The van der Waals surface area contributed by atoms with E-state index >= 15 is 0 Å². The van der Waals surface area contributed by atoms with E-state index < -0.39 is 38.7 Å². The number of benzene rings is 1. The van der Waals surface area contributed by atoms with Gasteiger partial charge in [0.2, 0.25) is 0 Å². The van der Waals surface area contributed by atoms with E-state index in [1.54, 1.807) is 6.92 Å². The summed E-state index contributed by atoms with van der Waals surface area (Å²) in [5, 5.41) is 17.0. The average Bonchev–Trinajstić information content (AvgIpc) is 3.43. The van der Waals surface area contributed by atoms with Crippen LogP contribution in [0.3, 0.4) is 0 Å². The molecule has 0 fully saturated rings. The summed E-state index contributed by atoms with van der Waals surface area (Å²) in [6, 6.07) is 1.64. The summed E-state index contributed by atoms with van der Waals surface area (Å²) in [6.45, 7) is 2.91. The second-order valence-electron chi connectivity index (χ2n) is 7.87. The third-order valence-electron chi connectivity index (χ3n) is 5.66. The Labute approximate surface area is 197 Å². The molecular formula is C21H21F2N5O4S2. The number of halogens is 2. The summed E-state index contributed by atoms with van der Waals surface area (Å²) in [7, 11) is -3.61. The molecule has 0 aliphatic carbocycles. The molecule has 0 aliphatic heterocycles. The van der Waals surface area contributed by atoms with Crippen LogP contribution in [0.15, 0.2) is 52.3 Å². The highest BCUT2D eigenvalue weighted by Crippen LogP contribution is 2.36. The Morgan fingerprint density at radius 2 is 2.03 bits per heavy atom. The van der Waals surface area contributed by atoms with Gasteiger partial charge in [-0.2, -0.15) is 5.10 Å². The molecule has 0 unspecified atom stereocenters. The summed E-state index contributed by atoms with van der Waals surface area (Å²) in [4.78, 5) is 21.3. The van der Waals surface area contributed by atoms with Gasteiger partial charge in [-0.05, 0) is 19.4 Å². The molecule has 0 saturated carbocycles. The number of fused-ring (bicyclic) bond motifs is 1. The van der Waals surface area contributed by atoms with Gasteiger partial charge in [0.25, 0.3) is 5.56 Å². The van der Waals surface area contributed by atoms with E-state index in [1.807, 2.05) is 0 Å². The molecule has 13 heteroatoms. The lowest BCUT2D eigenvalue weighted by molar-refractivity contribution is -0.0343.